The van der Waals surface area contributed by atoms with Crippen LogP contribution in [-0.4, -0.2) is 27.4 Å². The van der Waals surface area contributed by atoms with Crippen molar-refractivity contribution in [1.29, 1.82) is 0 Å². The summed E-state index contributed by atoms with van der Waals surface area (Å²) >= 11 is 0. The Labute approximate surface area is 400 Å². The maximum atomic E-state index is 14.7. The summed E-state index contributed by atoms with van der Waals surface area (Å²) in [6.45, 7) is 0. The Hall–Kier alpha value is -9.66. The third kappa shape index (κ3) is 5.90. The van der Waals surface area contributed by atoms with Gasteiger partial charge in [0.25, 0.3) is 0 Å². The highest BCUT2D eigenvalue weighted by Crippen LogP contribution is 2.35. The van der Waals surface area contributed by atoms with Crippen LogP contribution >= 0.6 is 0 Å². The molecule has 0 amide bonds. The Morgan fingerprint density at radius 3 is 0.743 bits per heavy atom. The lowest BCUT2D eigenvalue weighted by Gasteiger charge is -2.11. The number of hydrogen-bond donors (Lipinski definition) is 0. The number of aromatic nitrogens is 6. The molecule has 0 atom stereocenters. The number of para-hydroxylation sites is 8. The van der Waals surface area contributed by atoms with E-state index in [1.54, 1.807) is 18.3 Å². The first kappa shape index (κ1) is 39.5. The molecule has 8 heteroatoms. The molecule has 14 rings (SSSR count). The minimum Gasteiger partial charge on any atom is -0.309 e. The molecule has 0 saturated carbocycles. The van der Waals surface area contributed by atoms with Crippen LogP contribution in [0.3, 0.4) is 0 Å². The van der Waals surface area contributed by atoms with Crippen molar-refractivity contribution >= 4 is 65.7 Å². The second kappa shape index (κ2) is 15.4. The second-order valence-corrected chi connectivity index (χ2v) is 17.8. The quantitative estimate of drug-likeness (QED) is 0.160. The number of benzene rings is 10. The lowest BCUT2D eigenvalue weighted by atomic mass is 10.0. The van der Waals surface area contributed by atoms with Gasteiger partial charge in [-0.1, -0.05) is 133 Å². The third-order valence-corrected chi connectivity index (χ3v) is 13.9. The fourth-order valence-electron chi connectivity index (χ4n) is 10.8. The van der Waals surface area contributed by atoms with Gasteiger partial charge in [0, 0.05) is 32.9 Å². The molecule has 4 aromatic heterocycles. The fraction of sp³-hybridized carbons (Fsp3) is 0. The standard InChI is InChI=1S/C62H40N6O2/c69-61-65(57-27-9-11-29-59(57)67(61)47-17-13-15-45(39-47)63-53-23-5-1-19-49(53)50-20-2-6-24-54(50)63)43-35-31-41(32-36-43)42-33-37-44(38-34-42)66-58-28-10-12-30-60(58)68(62(66)70)48-18-14-16-46(40-48)64-55-25-7-3-21-51(55)52-22-4-8-26-56(52)64/h1-40H. The maximum Gasteiger partial charge on any atom is 0.338 e. The zero-order chi connectivity index (χ0) is 46.5. The summed E-state index contributed by atoms with van der Waals surface area (Å²) in [5, 5.41) is 4.74. The first-order valence-corrected chi connectivity index (χ1v) is 23.4. The Morgan fingerprint density at radius 2 is 0.443 bits per heavy atom. The Bertz CT molecular complexity index is 4120. The molecule has 0 bridgehead atoms. The molecule has 0 spiro atoms. The first-order valence-electron chi connectivity index (χ1n) is 23.4. The highest BCUT2D eigenvalue weighted by molar-refractivity contribution is 6.10. The van der Waals surface area contributed by atoms with Gasteiger partial charge in [-0.05, 0) is 120 Å². The van der Waals surface area contributed by atoms with Gasteiger partial charge in [0.2, 0.25) is 0 Å². The van der Waals surface area contributed by atoms with Crippen LogP contribution in [-0.2, 0) is 0 Å². The molecular formula is C62H40N6O2. The van der Waals surface area contributed by atoms with Crippen LogP contribution in [0, 0.1) is 0 Å². The predicted molar refractivity (Wildman–Crippen MR) is 285 cm³/mol. The summed E-state index contributed by atoms with van der Waals surface area (Å²) in [4.78, 5) is 29.4. The molecule has 0 N–H and O–H groups in total. The van der Waals surface area contributed by atoms with E-state index in [9.17, 15) is 9.59 Å². The van der Waals surface area contributed by atoms with E-state index >= 15 is 0 Å². The molecule has 0 aliphatic heterocycles. The summed E-state index contributed by atoms with van der Waals surface area (Å²) in [5.41, 5.74) is 14.4. The summed E-state index contributed by atoms with van der Waals surface area (Å²) in [6.07, 6.45) is 0. The summed E-state index contributed by atoms with van der Waals surface area (Å²) < 4.78 is 11.7. The van der Waals surface area contributed by atoms with Gasteiger partial charge in [-0.25, -0.2) is 9.59 Å². The van der Waals surface area contributed by atoms with Crippen LogP contribution in [0.1, 0.15) is 0 Å². The number of fused-ring (bicyclic) bond motifs is 8. The smallest absolute Gasteiger partial charge is 0.309 e. The zero-order valence-electron chi connectivity index (χ0n) is 37.6. The maximum absolute atomic E-state index is 14.7. The molecule has 0 saturated heterocycles. The van der Waals surface area contributed by atoms with Crippen molar-refractivity contribution in [3.63, 3.8) is 0 Å². The molecule has 0 aliphatic carbocycles. The minimum atomic E-state index is -0.152. The van der Waals surface area contributed by atoms with Crippen LogP contribution in [0.5, 0.6) is 0 Å². The average Bonchev–Trinajstić information content (AvgIpc) is 4.12. The van der Waals surface area contributed by atoms with E-state index in [4.69, 9.17) is 0 Å². The van der Waals surface area contributed by atoms with Crippen molar-refractivity contribution in [3.8, 4) is 45.3 Å². The van der Waals surface area contributed by atoms with Gasteiger partial charge in [0.1, 0.15) is 0 Å². The molecule has 10 aromatic carbocycles. The predicted octanol–water partition coefficient (Wildman–Crippen LogP) is 13.7. The van der Waals surface area contributed by atoms with Gasteiger partial charge in [-0.3, -0.25) is 18.3 Å². The number of rotatable bonds is 7. The molecule has 4 heterocycles. The largest absolute Gasteiger partial charge is 0.338 e. The normalized spacial score (nSPS) is 11.8. The van der Waals surface area contributed by atoms with Crippen molar-refractivity contribution in [2.24, 2.45) is 0 Å². The SMILES string of the molecule is O=c1n(-c2ccc(-c3ccc(-n4c(=O)n(-c5cccc(-n6c7ccccc7c7ccccc76)c5)c5ccccc54)cc3)cc2)c2ccccc2n1-c1cccc(-n2c3ccccc3c3ccccc32)c1. The second-order valence-electron chi connectivity index (χ2n) is 17.8. The van der Waals surface area contributed by atoms with Crippen molar-refractivity contribution in [1.82, 2.24) is 27.4 Å². The van der Waals surface area contributed by atoms with E-state index in [1.807, 2.05) is 121 Å². The molecule has 8 nitrogen and oxygen atoms in total. The van der Waals surface area contributed by atoms with Crippen molar-refractivity contribution in [2.45, 2.75) is 0 Å². The monoisotopic (exact) mass is 900 g/mol. The van der Waals surface area contributed by atoms with Crippen molar-refractivity contribution in [3.05, 3.63) is 264 Å². The Morgan fingerprint density at radius 1 is 0.200 bits per heavy atom. The van der Waals surface area contributed by atoms with Crippen LogP contribution in [0.15, 0.2) is 252 Å². The summed E-state index contributed by atoms with van der Waals surface area (Å²) in [6, 6.07) is 82.3. The fourth-order valence-corrected chi connectivity index (χ4v) is 10.8. The highest BCUT2D eigenvalue weighted by atomic mass is 16.2. The van der Waals surface area contributed by atoms with Crippen molar-refractivity contribution in [2.75, 3.05) is 0 Å². The van der Waals surface area contributed by atoms with Gasteiger partial charge in [-0.15, -0.1) is 0 Å². The molecule has 0 fully saturated rings. The molecule has 0 unspecified atom stereocenters. The van der Waals surface area contributed by atoms with E-state index in [0.29, 0.717) is 0 Å². The van der Waals surface area contributed by atoms with Crippen LogP contribution in [0.25, 0.3) is 111 Å². The van der Waals surface area contributed by atoms with Crippen LogP contribution in [0.4, 0.5) is 0 Å². The number of imidazole rings is 2. The Kier molecular flexibility index (Phi) is 8.72. The number of hydrogen-bond acceptors (Lipinski definition) is 2. The highest BCUT2D eigenvalue weighted by Gasteiger charge is 2.20. The molecule has 330 valence electrons. The van der Waals surface area contributed by atoms with E-state index in [-0.39, 0.29) is 11.4 Å². The topological polar surface area (TPSA) is 63.7 Å². The first-order chi connectivity index (χ1) is 34.6. The van der Waals surface area contributed by atoms with Crippen LogP contribution < -0.4 is 11.4 Å². The number of nitrogens with zero attached hydrogens (tertiary/aromatic N) is 6. The van der Waals surface area contributed by atoms with Gasteiger partial charge in [-0.2, -0.15) is 0 Å². The van der Waals surface area contributed by atoms with Crippen LogP contribution in [0.2, 0.25) is 0 Å². The molecule has 14 aromatic rings. The lowest BCUT2D eigenvalue weighted by Crippen LogP contribution is -2.22. The van der Waals surface area contributed by atoms with Gasteiger partial charge < -0.3 is 9.13 Å². The van der Waals surface area contributed by atoms with Gasteiger partial charge in [0.15, 0.2) is 0 Å². The van der Waals surface area contributed by atoms with E-state index < -0.39 is 0 Å². The summed E-state index contributed by atoms with van der Waals surface area (Å²) in [5.74, 6) is 0. The van der Waals surface area contributed by atoms with E-state index in [1.165, 1.54) is 21.5 Å². The molecule has 70 heavy (non-hydrogen) atoms. The molecule has 0 aliphatic rings. The Balaban J connectivity index is 0.803. The van der Waals surface area contributed by atoms with Gasteiger partial charge >= 0.3 is 11.4 Å². The van der Waals surface area contributed by atoms with Gasteiger partial charge in [0.05, 0.1) is 66.9 Å². The van der Waals surface area contributed by atoms with E-state index in [0.717, 1.165) is 89.4 Å². The third-order valence-electron chi connectivity index (χ3n) is 13.9. The minimum absolute atomic E-state index is 0.152. The average molecular weight is 901 g/mol. The zero-order valence-corrected chi connectivity index (χ0v) is 37.6. The molecule has 0 radical (unpaired) electrons. The van der Waals surface area contributed by atoms with E-state index in [2.05, 4.69) is 130 Å². The lowest BCUT2D eigenvalue weighted by molar-refractivity contribution is 0.928. The summed E-state index contributed by atoms with van der Waals surface area (Å²) in [7, 11) is 0. The van der Waals surface area contributed by atoms with Crippen molar-refractivity contribution < 1.29 is 0 Å². The molecular weight excluding hydrogens is 861 g/mol.